The van der Waals surface area contributed by atoms with E-state index in [-0.39, 0.29) is 11.9 Å². The van der Waals surface area contributed by atoms with Gasteiger partial charge in [-0.1, -0.05) is 25.5 Å². The predicted octanol–water partition coefficient (Wildman–Crippen LogP) is 4.57. The zero-order valence-electron chi connectivity index (χ0n) is 18.1. The van der Waals surface area contributed by atoms with Gasteiger partial charge in [0.05, 0.1) is 29.7 Å². The summed E-state index contributed by atoms with van der Waals surface area (Å²) in [5.74, 6) is -1.35. The van der Waals surface area contributed by atoms with E-state index < -0.39 is 23.6 Å². The summed E-state index contributed by atoms with van der Waals surface area (Å²) in [7, 11) is 0. The van der Waals surface area contributed by atoms with Crippen molar-refractivity contribution in [2.75, 3.05) is 5.32 Å². The second-order valence-electron chi connectivity index (χ2n) is 7.33. The first-order chi connectivity index (χ1) is 16.2. The summed E-state index contributed by atoms with van der Waals surface area (Å²) >= 11 is 0. The number of carbonyl (C=O) groups is 2. The van der Waals surface area contributed by atoms with Gasteiger partial charge in [-0.05, 0) is 36.2 Å². The molecule has 0 fully saturated rings. The highest BCUT2D eigenvalue weighted by Gasteiger charge is 2.32. The van der Waals surface area contributed by atoms with Crippen molar-refractivity contribution in [2.45, 2.75) is 32.0 Å². The number of aromatic nitrogens is 3. The molecule has 1 amide bonds. The summed E-state index contributed by atoms with van der Waals surface area (Å²) in [6.45, 7) is 2.03. The Morgan fingerprint density at radius 3 is 2.44 bits per heavy atom. The molecule has 178 valence electrons. The van der Waals surface area contributed by atoms with E-state index in [2.05, 4.69) is 20.7 Å². The maximum absolute atomic E-state index is 12.8. The van der Waals surface area contributed by atoms with Crippen LogP contribution in [0.15, 0.2) is 67.3 Å². The topological polar surface area (TPSA) is 109 Å². The molecule has 0 aliphatic rings. The lowest BCUT2D eigenvalue weighted by molar-refractivity contribution is -0.137. The summed E-state index contributed by atoms with van der Waals surface area (Å²) < 4.78 is 39.4. The van der Waals surface area contributed by atoms with E-state index in [1.807, 2.05) is 6.92 Å². The van der Waals surface area contributed by atoms with Crippen LogP contribution in [0.25, 0.3) is 5.82 Å². The van der Waals surface area contributed by atoms with Gasteiger partial charge in [0.1, 0.15) is 0 Å². The number of amides is 1. The number of aliphatic carboxylic acids is 1. The molecular weight excluding hydrogens is 451 g/mol. The van der Waals surface area contributed by atoms with Gasteiger partial charge in [0, 0.05) is 24.0 Å². The van der Waals surface area contributed by atoms with E-state index >= 15 is 0 Å². The Balaban J connectivity index is 1.69. The van der Waals surface area contributed by atoms with Crippen molar-refractivity contribution < 1.29 is 27.9 Å². The largest absolute Gasteiger partial charge is 0.478 e. The smallest absolute Gasteiger partial charge is 0.419 e. The number of hydrogen-bond acceptors (Lipinski definition) is 5. The Labute approximate surface area is 193 Å². The number of alkyl halides is 3. The van der Waals surface area contributed by atoms with Gasteiger partial charge < -0.3 is 15.7 Å². The average molecular weight is 473 g/mol. The number of benzene rings is 1. The number of rotatable bonds is 9. The number of carboxylic acids is 1. The third-order valence-electron chi connectivity index (χ3n) is 4.83. The Bertz CT molecular complexity index is 1160. The second kappa shape index (κ2) is 10.6. The molecule has 0 aliphatic carbocycles. The Hall–Kier alpha value is -4.15. The molecule has 11 heteroatoms. The molecule has 34 heavy (non-hydrogen) atoms. The summed E-state index contributed by atoms with van der Waals surface area (Å²) in [5.41, 5.74) is 1.11. The van der Waals surface area contributed by atoms with E-state index in [0.29, 0.717) is 11.3 Å². The fourth-order valence-corrected chi connectivity index (χ4v) is 3.15. The average Bonchev–Trinajstić information content (AvgIpc) is 3.30. The normalized spacial score (nSPS) is 12.5. The number of pyridine rings is 1. The minimum Gasteiger partial charge on any atom is -0.478 e. The predicted molar refractivity (Wildman–Crippen MR) is 118 cm³/mol. The number of nitrogens with zero attached hydrogens (tertiary/aromatic N) is 3. The van der Waals surface area contributed by atoms with Crippen molar-refractivity contribution in [3.8, 4) is 5.82 Å². The molecule has 2 heterocycles. The van der Waals surface area contributed by atoms with Gasteiger partial charge in [0.2, 0.25) is 0 Å². The maximum Gasteiger partial charge on any atom is 0.419 e. The Morgan fingerprint density at radius 2 is 1.88 bits per heavy atom. The molecule has 0 aliphatic heterocycles. The SMILES string of the molecule is CCC[C@@H](Nc1ccc(-n2cc(C(F)(F)F)cn2)nc1)c1ccc(C(=O)NC=CC(=O)O)cc1. The summed E-state index contributed by atoms with van der Waals surface area (Å²) in [6.07, 6.45) is 2.21. The van der Waals surface area contributed by atoms with Crippen LogP contribution < -0.4 is 10.6 Å². The lowest BCUT2D eigenvalue weighted by Crippen LogP contribution is -2.18. The first kappa shape index (κ1) is 24.5. The lowest BCUT2D eigenvalue weighted by Gasteiger charge is -2.20. The fourth-order valence-electron chi connectivity index (χ4n) is 3.15. The number of carboxylic acid groups (broad SMARTS) is 1. The molecule has 1 aromatic carbocycles. The molecule has 0 saturated heterocycles. The molecule has 0 spiro atoms. The second-order valence-corrected chi connectivity index (χ2v) is 7.33. The molecule has 3 aromatic rings. The van der Waals surface area contributed by atoms with Crippen LogP contribution in [-0.4, -0.2) is 31.7 Å². The molecule has 3 rings (SSSR count). The third kappa shape index (κ3) is 6.44. The zero-order valence-corrected chi connectivity index (χ0v) is 18.1. The fraction of sp³-hybridized carbons (Fsp3) is 0.217. The lowest BCUT2D eigenvalue weighted by atomic mass is 10.0. The van der Waals surface area contributed by atoms with Gasteiger partial charge in [0.15, 0.2) is 5.82 Å². The van der Waals surface area contributed by atoms with Crippen molar-refractivity contribution in [3.05, 3.63) is 84.0 Å². The van der Waals surface area contributed by atoms with Gasteiger partial charge >= 0.3 is 12.1 Å². The van der Waals surface area contributed by atoms with Gasteiger partial charge in [-0.15, -0.1) is 0 Å². The minimum atomic E-state index is -4.47. The van der Waals surface area contributed by atoms with E-state index in [1.165, 1.54) is 6.20 Å². The van der Waals surface area contributed by atoms with E-state index in [9.17, 15) is 22.8 Å². The first-order valence-electron chi connectivity index (χ1n) is 10.3. The zero-order chi connectivity index (χ0) is 24.7. The molecule has 1 atom stereocenters. The number of halogens is 3. The van der Waals surface area contributed by atoms with Crippen molar-refractivity contribution in [2.24, 2.45) is 0 Å². The van der Waals surface area contributed by atoms with Gasteiger partial charge in [-0.2, -0.15) is 18.3 Å². The van der Waals surface area contributed by atoms with Crippen LogP contribution in [0.3, 0.4) is 0 Å². The summed E-state index contributed by atoms with van der Waals surface area (Å²) in [4.78, 5) is 26.8. The molecule has 2 aromatic heterocycles. The van der Waals surface area contributed by atoms with Crippen molar-refractivity contribution in [1.29, 1.82) is 0 Å². The Kier molecular flexibility index (Phi) is 7.67. The van der Waals surface area contributed by atoms with Crippen molar-refractivity contribution >= 4 is 17.6 Å². The van der Waals surface area contributed by atoms with Crippen LogP contribution in [0.2, 0.25) is 0 Å². The van der Waals surface area contributed by atoms with Crippen molar-refractivity contribution in [1.82, 2.24) is 20.1 Å². The number of hydrogen-bond donors (Lipinski definition) is 3. The van der Waals surface area contributed by atoms with Gasteiger partial charge in [-0.3, -0.25) is 4.79 Å². The van der Waals surface area contributed by atoms with Crippen LogP contribution in [0.4, 0.5) is 18.9 Å². The van der Waals surface area contributed by atoms with Crippen LogP contribution in [-0.2, 0) is 11.0 Å². The molecule has 3 N–H and O–H groups in total. The number of carbonyl (C=O) groups excluding carboxylic acids is 1. The molecule has 0 radical (unpaired) electrons. The molecule has 0 bridgehead atoms. The maximum atomic E-state index is 12.8. The number of anilines is 1. The molecule has 0 unspecified atom stereocenters. The minimum absolute atomic E-state index is 0.0943. The van der Waals surface area contributed by atoms with Crippen LogP contribution in [0, 0.1) is 0 Å². The van der Waals surface area contributed by atoms with Gasteiger partial charge in [0.25, 0.3) is 5.91 Å². The standard InChI is InChI=1S/C23H22F3N5O3/c1-2-3-19(15-4-6-16(7-5-15)22(34)27-11-10-21(32)33)30-18-8-9-20(28-13-18)31-14-17(12-29-31)23(24,25)26/h4-14,19,30H,2-3H2,1H3,(H,27,34)(H,32,33)/t19-/m1/s1. The van der Waals surface area contributed by atoms with E-state index in [1.54, 1.807) is 36.4 Å². The van der Waals surface area contributed by atoms with Gasteiger partial charge in [-0.25, -0.2) is 14.5 Å². The molecular formula is C23H22F3N5O3. The highest BCUT2D eigenvalue weighted by molar-refractivity contribution is 5.95. The van der Waals surface area contributed by atoms with Crippen LogP contribution in [0.5, 0.6) is 0 Å². The highest BCUT2D eigenvalue weighted by Crippen LogP contribution is 2.29. The number of nitrogens with one attached hydrogen (secondary N) is 2. The quantitative estimate of drug-likeness (QED) is 0.393. The Morgan fingerprint density at radius 1 is 1.15 bits per heavy atom. The van der Waals surface area contributed by atoms with Crippen LogP contribution >= 0.6 is 0 Å². The van der Waals surface area contributed by atoms with E-state index in [0.717, 1.165) is 47.8 Å². The summed E-state index contributed by atoms with van der Waals surface area (Å²) in [5, 5.41) is 18.0. The van der Waals surface area contributed by atoms with E-state index in [4.69, 9.17) is 5.11 Å². The summed E-state index contributed by atoms with van der Waals surface area (Å²) in [6, 6.07) is 10.1. The molecule has 0 saturated carbocycles. The first-order valence-corrected chi connectivity index (χ1v) is 10.3. The molecule has 8 nitrogen and oxygen atoms in total. The van der Waals surface area contributed by atoms with Crippen LogP contribution in [0.1, 0.15) is 47.3 Å². The highest BCUT2D eigenvalue weighted by atomic mass is 19.4. The monoisotopic (exact) mass is 473 g/mol. The third-order valence-corrected chi connectivity index (χ3v) is 4.83. The van der Waals surface area contributed by atoms with Crippen molar-refractivity contribution in [3.63, 3.8) is 0 Å².